The molecule has 0 fully saturated rings. The van der Waals surface area contributed by atoms with Gasteiger partial charge in [0.05, 0.1) is 6.04 Å². The molecular weight excluding hydrogens is 258 g/mol. The summed E-state index contributed by atoms with van der Waals surface area (Å²) in [5.41, 5.74) is 1.47. The molecule has 2 rings (SSSR count). The van der Waals surface area contributed by atoms with Crippen molar-refractivity contribution in [2.45, 2.75) is 57.9 Å². The van der Waals surface area contributed by atoms with Crippen LogP contribution in [0.1, 0.15) is 63.7 Å². The summed E-state index contributed by atoms with van der Waals surface area (Å²) in [4.78, 5) is 0. The van der Waals surface area contributed by atoms with E-state index in [0.717, 1.165) is 18.7 Å². The highest BCUT2D eigenvalue weighted by Crippen LogP contribution is 2.30. The average Bonchev–Trinajstić information content (AvgIpc) is 2.78. The normalized spacial score (nSPS) is 21.3. The fraction of sp³-hybridized carbons (Fsp3) is 0.625. The number of furan rings is 1. The molecule has 1 unspecified atom stereocenters. The van der Waals surface area contributed by atoms with Crippen LogP contribution >= 0.6 is 11.6 Å². The Kier molecular flexibility index (Phi) is 5.99. The lowest BCUT2D eigenvalue weighted by atomic mass is 9.93. The lowest BCUT2D eigenvalue weighted by molar-refractivity contribution is 0.432. The molecule has 1 aliphatic carbocycles. The predicted molar refractivity (Wildman–Crippen MR) is 80.5 cm³/mol. The summed E-state index contributed by atoms with van der Waals surface area (Å²) in [7, 11) is 0. The monoisotopic (exact) mass is 281 g/mol. The van der Waals surface area contributed by atoms with Crippen molar-refractivity contribution in [2.24, 2.45) is 0 Å². The molecule has 1 aromatic heterocycles. The summed E-state index contributed by atoms with van der Waals surface area (Å²) < 4.78 is 5.63. The van der Waals surface area contributed by atoms with Gasteiger partial charge in [-0.2, -0.15) is 0 Å². The van der Waals surface area contributed by atoms with Crippen molar-refractivity contribution in [3.8, 4) is 0 Å². The van der Waals surface area contributed by atoms with E-state index in [1.54, 1.807) is 0 Å². The molecule has 0 saturated carbocycles. The van der Waals surface area contributed by atoms with Gasteiger partial charge in [0.25, 0.3) is 0 Å². The molecule has 0 amide bonds. The van der Waals surface area contributed by atoms with Crippen molar-refractivity contribution in [3.05, 3.63) is 34.8 Å². The van der Waals surface area contributed by atoms with Gasteiger partial charge < -0.3 is 9.73 Å². The topological polar surface area (TPSA) is 25.2 Å². The SMILES string of the molecule is CCCNC(/C1=C/CCCCCC1)c1ccc(Cl)o1. The highest BCUT2D eigenvalue weighted by molar-refractivity contribution is 6.28. The quantitative estimate of drug-likeness (QED) is 0.745. The first-order chi connectivity index (χ1) is 9.31. The minimum atomic E-state index is 0.200. The molecule has 1 heterocycles. The zero-order chi connectivity index (χ0) is 13.5. The zero-order valence-corrected chi connectivity index (χ0v) is 12.5. The first kappa shape index (κ1) is 14.7. The molecule has 1 atom stereocenters. The van der Waals surface area contributed by atoms with Crippen molar-refractivity contribution in [2.75, 3.05) is 6.54 Å². The predicted octanol–water partition coefficient (Wildman–Crippen LogP) is 5.25. The summed E-state index contributed by atoms with van der Waals surface area (Å²) in [6, 6.07) is 4.03. The molecule has 0 aliphatic heterocycles. The molecule has 1 N–H and O–H groups in total. The smallest absolute Gasteiger partial charge is 0.193 e. The van der Waals surface area contributed by atoms with Gasteiger partial charge >= 0.3 is 0 Å². The van der Waals surface area contributed by atoms with Crippen LogP contribution in [-0.2, 0) is 0 Å². The van der Waals surface area contributed by atoms with Crippen LogP contribution in [0.4, 0.5) is 0 Å². The third-order valence-electron chi connectivity index (χ3n) is 3.67. The fourth-order valence-corrected chi connectivity index (χ4v) is 2.82. The van der Waals surface area contributed by atoms with E-state index in [2.05, 4.69) is 18.3 Å². The van der Waals surface area contributed by atoms with Gasteiger partial charge in [-0.1, -0.05) is 25.8 Å². The maximum atomic E-state index is 5.92. The molecule has 0 saturated heterocycles. The third kappa shape index (κ3) is 4.39. The first-order valence-corrected chi connectivity index (χ1v) is 7.86. The van der Waals surface area contributed by atoms with Crippen LogP contribution < -0.4 is 5.32 Å². The molecule has 19 heavy (non-hydrogen) atoms. The molecule has 0 spiro atoms. The van der Waals surface area contributed by atoms with E-state index in [-0.39, 0.29) is 6.04 Å². The zero-order valence-electron chi connectivity index (χ0n) is 11.8. The highest BCUT2D eigenvalue weighted by Gasteiger charge is 2.19. The van der Waals surface area contributed by atoms with E-state index < -0.39 is 0 Å². The highest BCUT2D eigenvalue weighted by atomic mass is 35.5. The first-order valence-electron chi connectivity index (χ1n) is 7.49. The number of halogens is 1. The van der Waals surface area contributed by atoms with Gasteiger partial charge in [-0.15, -0.1) is 0 Å². The van der Waals surface area contributed by atoms with E-state index >= 15 is 0 Å². The van der Waals surface area contributed by atoms with Crippen molar-refractivity contribution in [3.63, 3.8) is 0 Å². The van der Waals surface area contributed by atoms with Crippen molar-refractivity contribution in [1.29, 1.82) is 0 Å². The maximum absolute atomic E-state index is 5.92. The second-order valence-corrected chi connectivity index (χ2v) is 5.63. The van der Waals surface area contributed by atoms with Gasteiger partial charge in [-0.3, -0.25) is 0 Å². The Hall–Kier alpha value is -0.730. The maximum Gasteiger partial charge on any atom is 0.193 e. The van der Waals surface area contributed by atoms with Crippen LogP contribution in [0.5, 0.6) is 0 Å². The lowest BCUT2D eigenvalue weighted by Crippen LogP contribution is -2.24. The van der Waals surface area contributed by atoms with Crippen LogP contribution in [0.25, 0.3) is 0 Å². The number of hydrogen-bond donors (Lipinski definition) is 1. The minimum absolute atomic E-state index is 0.200. The average molecular weight is 282 g/mol. The van der Waals surface area contributed by atoms with Gasteiger partial charge in [0.2, 0.25) is 0 Å². The standard InChI is InChI=1S/C16H24ClNO/c1-2-12-18-16(14-10-11-15(17)19-14)13-8-6-4-3-5-7-9-13/h8,10-11,16,18H,2-7,9,12H2,1H3/b13-8+. The van der Waals surface area contributed by atoms with Crippen LogP contribution in [0.2, 0.25) is 5.22 Å². The Morgan fingerprint density at radius 3 is 2.84 bits per heavy atom. The molecular formula is C16H24ClNO. The molecule has 0 radical (unpaired) electrons. The van der Waals surface area contributed by atoms with Gasteiger partial charge in [0.1, 0.15) is 5.76 Å². The molecule has 2 nitrogen and oxygen atoms in total. The summed E-state index contributed by atoms with van der Waals surface area (Å²) in [5, 5.41) is 4.07. The summed E-state index contributed by atoms with van der Waals surface area (Å²) in [6.07, 6.45) is 11.2. The summed E-state index contributed by atoms with van der Waals surface area (Å²) >= 11 is 5.92. The number of nitrogens with one attached hydrogen (secondary N) is 1. The van der Waals surface area contributed by atoms with Crippen LogP contribution in [0.15, 0.2) is 28.2 Å². The van der Waals surface area contributed by atoms with Gasteiger partial charge in [-0.25, -0.2) is 0 Å². The molecule has 0 aromatic carbocycles. The Bertz CT molecular complexity index is 411. The number of hydrogen-bond acceptors (Lipinski definition) is 2. The van der Waals surface area contributed by atoms with E-state index in [0.29, 0.717) is 5.22 Å². The van der Waals surface area contributed by atoms with Crippen molar-refractivity contribution in [1.82, 2.24) is 5.32 Å². The fourth-order valence-electron chi connectivity index (χ4n) is 2.67. The Morgan fingerprint density at radius 1 is 1.26 bits per heavy atom. The van der Waals surface area contributed by atoms with Crippen LogP contribution in [-0.4, -0.2) is 6.54 Å². The number of allylic oxidation sites excluding steroid dienone is 1. The largest absolute Gasteiger partial charge is 0.448 e. The molecule has 1 aromatic rings. The van der Waals surface area contributed by atoms with Gasteiger partial charge in [-0.05, 0) is 68.0 Å². The third-order valence-corrected chi connectivity index (χ3v) is 3.88. The molecule has 3 heteroatoms. The Balaban J connectivity index is 2.15. The Morgan fingerprint density at radius 2 is 2.11 bits per heavy atom. The number of rotatable bonds is 5. The minimum Gasteiger partial charge on any atom is -0.448 e. The van der Waals surface area contributed by atoms with E-state index in [9.17, 15) is 0 Å². The van der Waals surface area contributed by atoms with Gasteiger partial charge in [0, 0.05) is 0 Å². The summed E-state index contributed by atoms with van der Waals surface area (Å²) in [5.74, 6) is 0.949. The van der Waals surface area contributed by atoms with Gasteiger partial charge in [0.15, 0.2) is 5.22 Å². The van der Waals surface area contributed by atoms with E-state index in [1.807, 2.05) is 12.1 Å². The lowest BCUT2D eigenvalue weighted by Gasteiger charge is -2.21. The molecule has 1 aliphatic rings. The Labute approximate surface area is 121 Å². The van der Waals surface area contributed by atoms with Crippen LogP contribution in [0.3, 0.4) is 0 Å². The molecule has 0 bridgehead atoms. The van der Waals surface area contributed by atoms with Crippen molar-refractivity contribution < 1.29 is 4.42 Å². The van der Waals surface area contributed by atoms with Crippen LogP contribution in [0, 0.1) is 0 Å². The van der Waals surface area contributed by atoms with Crippen molar-refractivity contribution >= 4 is 11.6 Å². The van der Waals surface area contributed by atoms with E-state index in [4.69, 9.17) is 16.0 Å². The second kappa shape index (κ2) is 7.76. The molecule has 106 valence electrons. The second-order valence-electron chi connectivity index (χ2n) is 5.26. The summed E-state index contributed by atoms with van der Waals surface area (Å²) in [6.45, 7) is 3.19. The van der Waals surface area contributed by atoms with E-state index in [1.165, 1.54) is 44.1 Å².